The molecule has 1 spiro atoms. The van der Waals surface area contributed by atoms with E-state index in [1.807, 2.05) is 13.8 Å². The molecular weight excluding hydrogens is 440 g/mol. The maximum Gasteiger partial charge on any atom is 0.303 e. The van der Waals surface area contributed by atoms with Crippen molar-refractivity contribution in [2.24, 2.45) is 29.1 Å². The molecule has 0 aromatic rings. The molecule has 190 valence electrons. The van der Waals surface area contributed by atoms with Crippen LogP contribution >= 0.6 is 0 Å². The first-order valence-electron chi connectivity index (χ1n) is 12.3. The molecule has 0 amide bonds. The lowest BCUT2D eigenvalue weighted by atomic mass is 9.74. The molecule has 2 saturated carbocycles. The normalized spacial score (nSPS) is 46.1. The first kappa shape index (κ1) is 25.2. The molecule has 8 nitrogen and oxygen atoms in total. The van der Waals surface area contributed by atoms with Gasteiger partial charge >= 0.3 is 17.9 Å². The van der Waals surface area contributed by atoms with Crippen molar-refractivity contribution in [2.75, 3.05) is 6.61 Å². The number of allylic oxidation sites excluding steroid dienone is 1. The number of fused-ring (bicyclic) bond motifs is 2. The van der Waals surface area contributed by atoms with Crippen LogP contribution in [0, 0.1) is 29.1 Å². The average molecular weight is 479 g/mol. The van der Waals surface area contributed by atoms with Crippen LogP contribution in [0.25, 0.3) is 0 Å². The Morgan fingerprint density at radius 1 is 1.06 bits per heavy atom. The Balaban J connectivity index is 1.89. The highest BCUT2D eigenvalue weighted by Gasteiger charge is 2.70. The van der Waals surface area contributed by atoms with E-state index in [1.54, 1.807) is 0 Å². The second-order valence-electron chi connectivity index (χ2n) is 11.5. The van der Waals surface area contributed by atoms with Gasteiger partial charge in [-0.2, -0.15) is 0 Å². The molecular formula is C26H38O8. The van der Waals surface area contributed by atoms with Gasteiger partial charge in [-0.1, -0.05) is 26.8 Å². The van der Waals surface area contributed by atoms with Crippen molar-refractivity contribution in [3.63, 3.8) is 0 Å². The number of carbonyl (C=O) groups excluding carboxylic acids is 3. The SMILES string of the molecule is CC(=O)O[C@@H]1C2[C@@H](OC(C)=O)[C@]3(CCC4C(/C=C(\C)[C@H](OC(C)=O)[C@@]2(O)C[C@@H]1C)C4(C)C)CO3. The minimum Gasteiger partial charge on any atom is -0.462 e. The summed E-state index contributed by atoms with van der Waals surface area (Å²) in [5.41, 5.74) is -1.56. The van der Waals surface area contributed by atoms with Gasteiger partial charge in [0, 0.05) is 20.8 Å². The molecule has 8 heteroatoms. The highest BCUT2D eigenvalue weighted by molar-refractivity contribution is 5.68. The van der Waals surface area contributed by atoms with Crippen LogP contribution in [0.1, 0.15) is 67.7 Å². The van der Waals surface area contributed by atoms with Gasteiger partial charge in [-0.25, -0.2) is 0 Å². The fourth-order valence-electron chi connectivity index (χ4n) is 6.93. The molecule has 3 aliphatic carbocycles. The Kier molecular flexibility index (Phi) is 6.17. The summed E-state index contributed by atoms with van der Waals surface area (Å²) < 4.78 is 23.4. The second-order valence-corrected chi connectivity index (χ2v) is 11.5. The van der Waals surface area contributed by atoms with Crippen molar-refractivity contribution in [2.45, 2.75) is 97.2 Å². The number of rotatable bonds is 3. The predicted octanol–water partition coefficient (Wildman–Crippen LogP) is 2.95. The summed E-state index contributed by atoms with van der Waals surface area (Å²) in [7, 11) is 0. The third-order valence-corrected chi connectivity index (χ3v) is 8.71. The first-order valence-corrected chi connectivity index (χ1v) is 12.3. The van der Waals surface area contributed by atoms with E-state index in [0.29, 0.717) is 18.9 Å². The van der Waals surface area contributed by atoms with Crippen LogP contribution < -0.4 is 0 Å². The number of aliphatic hydroxyl groups is 1. The third kappa shape index (κ3) is 4.17. The van der Waals surface area contributed by atoms with Crippen LogP contribution in [-0.2, 0) is 33.3 Å². The molecule has 1 heterocycles. The van der Waals surface area contributed by atoms with Crippen molar-refractivity contribution in [1.29, 1.82) is 0 Å². The summed E-state index contributed by atoms with van der Waals surface area (Å²) in [6.07, 6.45) is 1.32. The summed E-state index contributed by atoms with van der Waals surface area (Å²) in [6, 6.07) is 0. The van der Waals surface area contributed by atoms with Crippen molar-refractivity contribution in [3.8, 4) is 0 Å². The Hall–Kier alpha value is -1.93. The number of ether oxygens (including phenoxy) is 4. The minimum absolute atomic E-state index is 0.0690. The molecule has 1 saturated heterocycles. The van der Waals surface area contributed by atoms with Crippen LogP contribution in [0.5, 0.6) is 0 Å². The molecule has 1 N–H and O–H groups in total. The van der Waals surface area contributed by atoms with Crippen molar-refractivity contribution >= 4 is 17.9 Å². The van der Waals surface area contributed by atoms with E-state index < -0.39 is 53.3 Å². The van der Waals surface area contributed by atoms with Gasteiger partial charge in [0.05, 0.1) is 12.5 Å². The summed E-state index contributed by atoms with van der Waals surface area (Å²) in [6.45, 7) is 12.6. The van der Waals surface area contributed by atoms with Crippen LogP contribution in [0.15, 0.2) is 11.6 Å². The first-order chi connectivity index (χ1) is 15.7. The van der Waals surface area contributed by atoms with Crippen molar-refractivity contribution < 1.29 is 38.4 Å². The lowest BCUT2D eigenvalue weighted by Gasteiger charge is -2.43. The second kappa shape index (κ2) is 8.33. The third-order valence-electron chi connectivity index (χ3n) is 8.71. The van der Waals surface area contributed by atoms with E-state index in [-0.39, 0.29) is 23.7 Å². The van der Waals surface area contributed by atoms with Gasteiger partial charge in [-0.15, -0.1) is 0 Å². The number of esters is 3. The topological polar surface area (TPSA) is 112 Å². The summed E-state index contributed by atoms with van der Waals surface area (Å²) in [5, 5.41) is 12.4. The van der Waals surface area contributed by atoms with Gasteiger partial charge in [0.1, 0.15) is 23.4 Å². The van der Waals surface area contributed by atoms with Gasteiger partial charge in [-0.05, 0) is 54.9 Å². The van der Waals surface area contributed by atoms with Gasteiger partial charge in [0.15, 0.2) is 6.10 Å². The number of carbonyl (C=O) groups is 3. The van der Waals surface area contributed by atoms with Gasteiger partial charge in [-0.3, -0.25) is 14.4 Å². The lowest BCUT2D eigenvalue weighted by molar-refractivity contribution is -0.194. The zero-order chi connectivity index (χ0) is 25.2. The lowest BCUT2D eigenvalue weighted by Crippen LogP contribution is -2.58. The molecule has 34 heavy (non-hydrogen) atoms. The van der Waals surface area contributed by atoms with E-state index in [4.69, 9.17) is 18.9 Å². The molecule has 0 aromatic carbocycles. The van der Waals surface area contributed by atoms with Crippen LogP contribution in [0.4, 0.5) is 0 Å². The summed E-state index contributed by atoms with van der Waals surface area (Å²) in [4.78, 5) is 36.6. The van der Waals surface area contributed by atoms with E-state index >= 15 is 0 Å². The van der Waals surface area contributed by atoms with Crippen LogP contribution in [-0.4, -0.2) is 59.1 Å². The Morgan fingerprint density at radius 2 is 1.65 bits per heavy atom. The fourth-order valence-corrected chi connectivity index (χ4v) is 6.93. The molecule has 4 rings (SSSR count). The number of hydrogen-bond acceptors (Lipinski definition) is 8. The highest BCUT2D eigenvalue weighted by Crippen LogP contribution is 2.64. The van der Waals surface area contributed by atoms with Gasteiger partial charge in [0.2, 0.25) is 0 Å². The minimum atomic E-state index is -1.62. The Bertz CT molecular complexity index is 902. The standard InChI is InChI=1S/C26H38O8/c1-13-10-19-18(24(19,6)7)8-9-25(12-31-25)23(34-17(5)29)20-21(32-15(3)27)14(2)11-26(20,30)22(13)33-16(4)28/h10,14,18-23,30H,8-9,11-12H2,1-7H3/b13-10+/t14-,18?,19?,20?,21-,22-,23+,25-,26+/m0/s1. The quantitative estimate of drug-likeness (QED) is 0.285. The molecule has 9 atom stereocenters. The largest absolute Gasteiger partial charge is 0.462 e. The Morgan fingerprint density at radius 3 is 2.18 bits per heavy atom. The fraction of sp³-hybridized carbons (Fsp3) is 0.808. The number of hydrogen-bond donors (Lipinski definition) is 1. The molecule has 1 aliphatic heterocycles. The Labute approximate surface area is 201 Å². The molecule has 3 unspecified atom stereocenters. The predicted molar refractivity (Wildman–Crippen MR) is 121 cm³/mol. The highest BCUT2D eigenvalue weighted by atomic mass is 16.6. The maximum atomic E-state index is 12.4. The zero-order valence-corrected chi connectivity index (χ0v) is 21.3. The maximum absolute atomic E-state index is 12.4. The van der Waals surface area contributed by atoms with Crippen molar-refractivity contribution in [1.82, 2.24) is 0 Å². The van der Waals surface area contributed by atoms with Gasteiger partial charge < -0.3 is 24.1 Å². The molecule has 0 bridgehead atoms. The van der Waals surface area contributed by atoms with E-state index in [2.05, 4.69) is 19.9 Å². The number of epoxide rings is 1. The van der Waals surface area contributed by atoms with E-state index in [1.165, 1.54) is 20.8 Å². The van der Waals surface area contributed by atoms with Crippen molar-refractivity contribution in [3.05, 3.63) is 11.6 Å². The van der Waals surface area contributed by atoms with Crippen LogP contribution in [0.2, 0.25) is 0 Å². The summed E-state index contributed by atoms with van der Waals surface area (Å²) in [5.74, 6) is -1.91. The van der Waals surface area contributed by atoms with E-state index in [9.17, 15) is 19.5 Å². The molecule has 3 fully saturated rings. The monoisotopic (exact) mass is 478 g/mol. The summed E-state index contributed by atoms with van der Waals surface area (Å²) >= 11 is 0. The zero-order valence-electron chi connectivity index (χ0n) is 21.3. The smallest absolute Gasteiger partial charge is 0.303 e. The molecule has 0 aromatic heterocycles. The van der Waals surface area contributed by atoms with Crippen LogP contribution in [0.3, 0.4) is 0 Å². The molecule has 0 radical (unpaired) electrons. The molecule has 4 aliphatic rings. The van der Waals surface area contributed by atoms with Gasteiger partial charge in [0.25, 0.3) is 0 Å². The van der Waals surface area contributed by atoms with E-state index in [0.717, 1.165) is 12.0 Å². The average Bonchev–Trinajstić information content (AvgIpc) is 3.55.